The van der Waals surface area contributed by atoms with E-state index in [2.05, 4.69) is 48.3 Å². The van der Waals surface area contributed by atoms with Crippen LogP contribution in [-0.4, -0.2) is 29.7 Å². The molecule has 0 spiro atoms. The summed E-state index contributed by atoms with van der Waals surface area (Å²) >= 11 is 7.01. The number of benzene rings is 4. The molecular weight excluding hydrogens is 646 g/mol. The van der Waals surface area contributed by atoms with Gasteiger partial charge in [0.25, 0.3) is 0 Å². The molecule has 41 heavy (non-hydrogen) atoms. The summed E-state index contributed by atoms with van der Waals surface area (Å²) in [5.74, 6) is 5.71. The van der Waals surface area contributed by atoms with Crippen molar-refractivity contribution in [3.63, 3.8) is 0 Å². The second kappa shape index (κ2) is 12.8. The molecule has 5 aromatic rings. The maximum atomic E-state index is 12.7. The first kappa shape index (κ1) is 28.7. The lowest BCUT2D eigenvalue weighted by atomic mass is 10.1. The molecule has 0 saturated heterocycles. The molecule has 5 nitrogen and oxygen atoms in total. The van der Waals surface area contributed by atoms with Gasteiger partial charge in [-0.15, -0.1) is 0 Å². The minimum Gasteiger partial charge on any atom is -0.462 e. The van der Waals surface area contributed by atoms with Gasteiger partial charge in [0.1, 0.15) is 0 Å². The van der Waals surface area contributed by atoms with E-state index in [0.717, 1.165) is 60.4 Å². The van der Waals surface area contributed by atoms with Crippen LogP contribution in [0.1, 0.15) is 58.5 Å². The van der Waals surface area contributed by atoms with E-state index in [1.807, 2.05) is 80.6 Å². The van der Waals surface area contributed by atoms with Gasteiger partial charge in [-0.2, -0.15) is 0 Å². The number of nitrogens with zero attached hydrogens (tertiary/aromatic N) is 1. The molecule has 7 heteroatoms. The third kappa shape index (κ3) is 6.40. The minimum atomic E-state index is -0.367. The largest absolute Gasteiger partial charge is 0.462 e. The summed E-state index contributed by atoms with van der Waals surface area (Å²) in [6, 6.07) is 25.0. The first-order valence-electron chi connectivity index (χ1n) is 13.4. The summed E-state index contributed by atoms with van der Waals surface area (Å²) in [6.07, 6.45) is 1.49. The normalized spacial score (nSPS) is 10.8. The van der Waals surface area contributed by atoms with Gasteiger partial charge in [-0.3, -0.25) is 0 Å². The first-order chi connectivity index (χ1) is 19.9. The molecule has 0 unspecified atom stereocenters. The number of halogens is 2. The maximum Gasteiger partial charge on any atom is 0.338 e. The SMILES string of the molecule is CCCOC(=O)c1ccc2c(c1)c1cc(C(=O)OCCC)ccc1n2-c1ccc(C#Cc2cc(Br)cc(Br)c2)cc1. The van der Waals surface area contributed by atoms with Crippen molar-refractivity contribution in [3.05, 3.63) is 110 Å². The molecule has 0 N–H and O–H groups in total. The van der Waals surface area contributed by atoms with Crippen molar-refractivity contribution in [2.24, 2.45) is 0 Å². The van der Waals surface area contributed by atoms with Crippen LogP contribution in [0.3, 0.4) is 0 Å². The highest BCUT2D eigenvalue weighted by Crippen LogP contribution is 2.34. The van der Waals surface area contributed by atoms with Crippen LogP contribution in [0.15, 0.2) is 87.8 Å². The average molecular weight is 673 g/mol. The van der Waals surface area contributed by atoms with Gasteiger partial charge >= 0.3 is 11.9 Å². The predicted octanol–water partition coefficient (Wildman–Crippen LogP) is 8.84. The maximum absolute atomic E-state index is 12.7. The molecule has 0 radical (unpaired) electrons. The van der Waals surface area contributed by atoms with E-state index in [-0.39, 0.29) is 11.9 Å². The van der Waals surface area contributed by atoms with Crippen molar-refractivity contribution in [1.82, 2.24) is 4.57 Å². The van der Waals surface area contributed by atoms with Gasteiger partial charge in [-0.05, 0) is 91.7 Å². The fourth-order valence-corrected chi connectivity index (χ4v) is 5.87. The number of ether oxygens (including phenoxy) is 2. The van der Waals surface area contributed by atoms with E-state index in [1.165, 1.54) is 0 Å². The van der Waals surface area contributed by atoms with Gasteiger partial charge < -0.3 is 14.0 Å². The number of carbonyl (C=O) groups excluding carboxylic acids is 2. The highest BCUT2D eigenvalue weighted by molar-refractivity contribution is 9.11. The Morgan fingerprint density at radius 2 is 1.15 bits per heavy atom. The fourth-order valence-electron chi connectivity index (χ4n) is 4.58. The van der Waals surface area contributed by atoms with Crippen LogP contribution in [0.25, 0.3) is 27.5 Å². The molecule has 0 fully saturated rings. The third-order valence-corrected chi connectivity index (χ3v) is 7.37. The second-order valence-electron chi connectivity index (χ2n) is 9.53. The van der Waals surface area contributed by atoms with Crippen molar-refractivity contribution >= 4 is 65.6 Å². The molecule has 0 atom stereocenters. The molecule has 4 aromatic carbocycles. The molecular formula is C34H27Br2NO4. The Balaban J connectivity index is 1.59. The summed E-state index contributed by atoms with van der Waals surface area (Å²) in [6.45, 7) is 4.64. The van der Waals surface area contributed by atoms with Gasteiger partial charge in [-0.25, -0.2) is 9.59 Å². The van der Waals surface area contributed by atoms with Crippen molar-refractivity contribution in [2.75, 3.05) is 13.2 Å². The Morgan fingerprint density at radius 3 is 1.63 bits per heavy atom. The zero-order valence-electron chi connectivity index (χ0n) is 22.7. The van der Waals surface area contributed by atoms with Crippen LogP contribution < -0.4 is 0 Å². The van der Waals surface area contributed by atoms with Gasteiger partial charge in [0.05, 0.1) is 35.4 Å². The standard InChI is InChI=1S/C34H27Br2NO4/c1-3-15-40-33(38)24-9-13-31-29(19-24)30-20-25(34(39)41-16-4-2)10-14-32(30)37(31)28-11-7-22(8-12-28)5-6-23-17-26(35)21-27(36)18-23/h7-14,17-21H,3-4,15-16H2,1-2H3. The van der Waals surface area contributed by atoms with E-state index < -0.39 is 0 Å². The van der Waals surface area contributed by atoms with Crippen molar-refractivity contribution < 1.29 is 19.1 Å². The highest BCUT2D eigenvalue weighted by atomic mass is 79.9. The summed E-state index contributed by atoms with van der Waals surface area (Å²) in [5, 5.41) is 1.69. The van der Waals surface area contributed by atoms with Gasteiger partial charge in [0.15, 0.2) is 0 Å². The summed E-state index contributed by atoms with van der Waals surface area (Å²) < 4.78 is 14.8. The number of fused-ring (bicyclic) bond motifs is 3. The lowest BCUT2D eigenvalue weighted by Crippen LogP contribution is -2.05. The Morgan fingerprint density at radius 1 is 0.659 bits per heavy atom. The summed E-state index contributed by atoms with van der Waals surface area (Å²) in [4.78, 5) is 25.3. The zero-order chi connectivity index (χ0) is 28.9. The lowest BCUT2D eigenvalue weighted by molar-refractivity contribution is 0.0496. The molecule has 0 aliphatic heterocycles. The summed E-state index contributed by atoms with van der Waals surface area (Å²) in [7, 11) is 0. The Kier molecular flexibility index (Phi) is 8.92. The molecule has 0 amide bonds. The number of carbonyl (C=O) groups is 2. The molecule has 206 valence electrons. The number of aromatic nitrogens is 1. The number of rotatable bonds is 7. The third-order valence-electron chi connectivity index (χ3n) is 6.45. The first-order valence-corrected chi connectivity index (χ1v) is 15.0. The van der Waals surface area contributed by atoms with Crippen molar-refractivity contribution in [2.45, 2.75) is 26.7 Å². The second-order valence-corrected chi connectivity index (χ2v) is 11.4. The zero-order valence-corrected chi connectivity index (χ0v) is 25.8. The molecule has 1 heterocycles. The van der Waals surface area contributed by atoms with Crippen LogP contribution in [0.2, 0.25) is 0 Å². The topological polar surface area (TPSA) is 57.5 Å². The van der Waals surface area contributed by atoms with Crippen LogP contribution >= 0.6 is 31.9 Å². The monoisotopic (exact) mass is 671 g/mol. The smallest absolute Gasteiger partial charge is 0.338 e. The quantitative estimate of drug-likeness (QED) is 0.128. The lowest BCUT2D eigenvalue weighted by Gasteiger charge is -2.09. The van der Waals surface area contributed by atoms with Gasteiger partial charge in [0, 0.05) is 36.5 Å². The molecule has 0 aliphatic rings. The molecule has 5 rings (SSSR count). The van der Waals surface area contributed by atoms with Crippen molar-refractivity contribution in [3.8, 4) is 17.5 Å². The number of esters is 2. The van der Waals surface area contributed by atoms with E-state index >= 15 is 0 Å². The Labute approximate surface area is 255 Å². The Bertz CT molecular complexity index is 1730. The van der Waals surface area contributed by atoms with Crippen LogP contribution in [0, 0.1) is 11.8 Å². The average Bonchev–Trinajstić information content (AvgIpc) is 3.30. The Hall–Kier alpha value is -3.86. The number of hydrogen-bond donors (Lipinski definition) is 0. The van der Waals surface area contributed by atoms with Gasteiger partial charge in [-0.1, -0.05) is 57.5 Å². The highest BCUT2D eigenvalue weighted by Gasteiger charge is 2.18. The van der Waals surface area contributed by atoms with Gasteiger partial charge in [0.2, 0.25) is 0 Å². The van der Waals surface area contributed by atoms with E-state index in [9.17, 15) is 9.59 Å². The predicted molar refractivity (Wildman–Crippen MR) is 170 cm³/mol. The van der Waals surface area contributed by atoms with E-state index in [4.69, 9.17) is 9.47 Å². The molecule has 0 saturated carbocycles. The minimum absolute atomic E-state index is 0.361. The van der Waals surface area contributed by atoms with Crippen LogP contribution in [0.4, 0.5) is 0 Å². The van der Waals surface area contributed by atoms with Crippen LogP contribution in [-0.2, 0) is 9.47 Å². The fraction of sp³-hybridized carbons (Fsp3) is 0.176. The molecule has 1 aromatic heterocycles. The summed E-state index contributed by atoms with van der Waals surface area (Å²) in [5.41, 5.74) is 5.46. The van der Waals surface area contributed by atoms with E-state index in [0.29, 0.717) is 24.3 Å². The molecule has 0 aliphatic carbocycles. The van der Waals surface area contributed by atoms with Crippen molar-refractivity contribution in [1.29, 1.82) is 0 Å². The van der Waals surface area contributed by atoms with Crippen LogP contribution in [0.5, 0.6) is 0 Å². The number of hydrogen-bond acceptors (Lipinski definition) is 4. The van der Waals surface area contributed by atoms with E-state index in [1.54, 1.807) is 12.1 Å². The molecule has 0 bridgehead atoms.